The van der Waals surface area contributed by atoms with Crippen LogP contribution in [0.25, 0.3) is 12.2 Å². The Labute approximate surface area is 122 Å². The van der Waals surface area contributed by atoms with Crippen LogP contribution in [0.1, 0.15) is 11.1 Å². The van der Waals surface area contributed by atoms with Crippen LogP contribution in [0.15, 0.2) is 61.3 Å². The van der Waals surface area contributed by atoms with E-state index < -0.39 is 0 Å². The van der Waals surface area contributed by atoms with Crippen LogP contribution in [-0.4, -0.2) is 20.2 Å². The quantitative estimate of drug-likeness (QED) is 0.732. The van der Waals surface area contributed by atoms with Gasteiger partial charge in [-0.3, -0.25) is 4.98 Å². The molecule has 0 fully saturated rings. The first kappa shape index (κ1) is 12.9. The van der Waals surface area contributed by atoms with Crippen molar-refractivity contribution in [3.63, 3.8) is 0 Å². The number of benzene rings is 1. The van der Waals surface area contributed by atoms with Gasteiger partial charge in [-0.05, 0) is 29.3 Å². The summed E-state index contributed by atoms with van der Waals surface area (Å²) in [5.74, 6) is 1.20. The SMILES string of the molecule is C(=C\c1ccnnc1)/c1ccc(Oc2cnccn2)cc1. The maximum absolute atomic E-state index is 5.58. The summed E-state index contributed by atoms with van der Waals surface area (Å²) in [4.78, 5) is 8.01. The third kappa shape index (κ3) is 3.70. The molecule has 0 aliphatic carbocycles. The topological polar surface area (TPSA) is 60.8 Å². The number of hydrogen-bond donors (Lipinski definition) is 0. The van der Waals surface area contributed by atoms with Crippen molar-refractivity contribution in [1.29, 1.82) is 0 Å². The van der Waals surface area contributed by atoms with Crippen LogP contribution in [0.5, 0.6) is 11.6 Å². The fourth-order valence-electron chi connectivity index (χ4n) is 1.70. The summed E-state index contributed by atoms with van der Waals surface area (Å²) in [6.45, 7) is 0. The molecule has 0 unspecified atom stereocenters. The highest BCUT2D eigenvalue weighted by atomic mass is 16.5. The van der Waals surface area contributed by atoms with Gasteiger partial charge in [0.25, 0.3) is 0 Å². The van der Waals surface area contributed by atoms with E-state index in [4.69, 9.17) is 4.74 Å². The summed E-state index contributed by atoms with van der Waals surface area (Å²) in [5, 5.41) is 7.56. The fraction of sp³-hybridized carbons (Fsp3) is 0. The predicted molar refractivity (Wildman–Crippen MR) is 79.5 cm³/mol. The molecular formula is C16H12N4O. The minimum atomic E-state index is 0.476. The van der Waals surface area contributed by atoms with E-state index in [0.717, 1.165) is 16.9 Å². The van der Waals surface area contributed by atoms with Crippen LogP contribution in [0.4, 0.5) is 0 Å². The summed E-state index contributed by atoms with van der Waals surface area (Å²) in [6.07, 6.45) is 12.1. The van der Waals surface area contributed by atoms with E-state index in [-0.39, 0.29) is 0 Å². The highest BCUT2D eigenvalue weighted by molar-refractivity contribution is 5.69. The minimum absolute atomic E-state index is 0.476. The van der Waals surface area contributed by atoms with Gasteiger partial charge in [0.2, 0.25) is 5.88 Å². The second-order valence-electron chi connectivity index (χ2n) is 4.22. The Morgan fingerprint density at radius 1 is 0.762 bits per heavy atom. The molecule has 3 aromatic rings. The lowest BCUT2D eigenvalue weighted by molar-refractivity contribution is 0.460. The maximum Gasteiger partial charge on any atom is 0.237 e. The van der Waals surface area contributed by atoms with Gasteiger partial charge in [0.15, 0.2) is 0 Å². The van der Waals surface area contributed by atoms with Gasteiger partial charge in [-0.2, -0.15) is 10.2 Å². The summed E-state index contributed by atoms with van der Waals surface area (Å²) in [6, 6.07) is 9.61. The van der Waals surface area contributed by atoms with Crippen LogP contribution in [-0.2, 0) is 0 Å². The van der Waals surface area contributed by atoms with Crippen LogP contribution in [0.2, 0.25) is 0 Å². The lowest BCUT2D eigenvalue weighted by Gasteiger charge is -2.03. The summed E-state index contributed by atoms with van der Waals surface area (Å²) in [5.41, 5.74) is 2.07. The zero-order chi connectivity index (χ0) is 14.3. The number of ether oxygens (including phenoxy) is 1. The molecule has 1 aromatic carbocycles. The van der Waals surface area contributed by atoms with Gasteiger partial charge in [0, 0.05) is 12.4 Å². The molecule has 2 heterocycles. The molecule has 0 spiro atoms. The van der Waals surface area contributed by atoms with Crippen molar-refractivity contribution in [2.24, 2.45) is 0 Å². The molecule has 5 nitrogen and oxygen atoms in total. The molecule has 0 aliphatic heterocycles. The lowest BCUT2D eigenvalue weighted by Crippen LogP contribution is -1.87. The molecule has 2 aromatic heterocycles. The third-order valence-corrected chi connectivity index (χ3v) is 2.72. The molecule has 0 atom stereocenters. The van der Waals surface area contributed by atoms with Crippen LogP contribution >= 0.6 is 0 Å². The molecule has 5 heteroatoms. The minimum Gasteiger partial charge on any atom is -0.438 e. The van der Waals surface area contributed by atoms with Crippen molar-refractivity contribution in [3.8, 4) is 11.6 Å². The molecule has 0 amide bonds. The largest absolute Gasteiger partial charge is 0.438 e. The van der Waals surface area contributed by atoms with Crippen molar-refractivity contribution in [2.45, 2.75) is 0 Å². The third-order valence-electron chi connectivity index (χ3n) is 2.72. The van der Waals surface area contributed by atoms with Crippen LogP contribution < -0.4 is 4.74 Å². The Balaban J connectivity index is 1.68. The number of aromatic nitrogens is 4. The molecular weight excluding hydrogens is 264 g/mol. The Kier molecular flexibility index (Phi) is 3.93. The fourth-order valence-corrected chi connectivity index (χ4v) is 1.70. The van der Waals surface area contributed by atoms with Crippen molar-refractivity contribution >= 4 is 12.2 Å². The van der Waals surface area contributed by atoms with Crippen molar-refractivity contribution in [3.05, 3.63) is 72.4 Å². The van der Waals surface area contributed by atoms with Gasteiger partial charge >= 0.3 is 0 Å². The average Bonchev–Trinajstić information content (AvgIpc) is 2.56. The van der Waals surface area contributed by atoms with Gasteiger partial charge in [-0.1, -0.05) is 24.3 Å². The molecule has 0 saturated carbocycles. The van der Waals surface area contributed by atoms with Crippen LogP contribution in [0.3, 0.4) is 0 Å². The predicted octanol–water partition coefficient (Wildman–Crippen LogP) is 3.23. The van der Waals surface area contributed by atoms with E-state index in [9.17, 15) is 0 Å². The molecule has 0 saturated heterocycles. The van der Waals surface area contributed by atoms with Crippen molar-refractivity contribution < 1.29 is 4.74 Å². The Bertz CT molecular complexity index is 712. The van der Waals surface area contributed by atoms with Crippen LogP contribution in [0, 0.1) is 0 Å². The zero-order valence-corrected chi connectivity index (χ0v) is 11.1. The Morgan fingerprint density at radius 3 is 2.33 bits per heavy atom. The first-order valence-corrected chi connectivity index (χ1v) is 6.39. The highest BCUT2D eigenvalue weighted by Crippen LogP contribution is 2.19. The van der Waals surface area contributed by atoms with E-state index >= 15 is 0 Å². The molecule has 0 aliphatic rings. The zero-order valence-electron chi connectivity index (χ0n) is 11.1. The highest BCUT2D eigenvalue weighted by Gasteiger charge is 1.97. The molecule has 3 rings (SSSR count). The monoisotopic (exact) mass is 276 g/mol. The van der Waals surface area contributed by atoms with Gasteiger partial charge < -0.3 is 4.74 Å². The van der Waals surface area contributed by atoms with Crippen molar-refractivity contribution in [2.75, 3.05) is 0 Å². The smallest absolute Gasteiger partial charge is 0.237 e. The molecule has 0 N–H and O–H groups in total. The van der Waals surface area contributed by atoms with E-state index in [1.165, 1.54) is 0 Å². The van der Waals surface area contributed by atoms with E-state index in [2.05, 4.69) is 20.2 Å². The standard InChI is InChI=1S/C16H12N4O/c1(2-14-7-8-19-20-11-14)13-3-5-15(6-4-13)21-16-12-17-9-10-18-16/h1-12H/b2-1+. The second kappa shape index (κ2) is 6.38. The summed E-state index contributed by atoms with van der Waals surface area (Å²) in [7, 11) is 0. The first-order chi connectivity index (χ1) is 10.4. The Hall–Kier alpha value is -3.08. The van der Waals surface area contributed by atoms with Crippen molar-refractivity contribution in [1.82, 2.24) is 20.2 Å². The lowest BCUT2D eigenvalue weighted by atomic mass is 10.2. The van der Waals surface area contributed by atoms with Gasteiger partial charge in [0.05, 0.1) is 18.6 Å². The maximum atomic E-state index is 5.58. The number of rotatable bonds is 4. The van der Waals surface area contributed by atoms with E-state index in [1.54, 1.807) is 31.0 Å². The molecule has 102 valence electrons. The first-order valence-electron chi connectivity index (χ1n) is 6.39. The number of hydrogen-bond acceptors (Lipinski definition) is 5. The van der Waals surface area contributed by atoms with E-state index in [0.29, 0.717) is 5.88 Å². The normalized spacial score (nSPS) is 10.7. The molecule has 21 heavy (non-hydrogen) atoms. The average molecular weight is 276 g/mol. The van der Waals surface area contributed by atoms with Gasteiger partial charge in [0.1, 0.15) is 5.75 Å². The van der Waals surface area contributed by atoms with E-state index in [1.807, 2.05) is 42.5 Å². The molecule has 0 bridgehead atoms. The Morgan fingerprint density at radius 2 is 1.62 bits per heavy atom. The van der Waals surface area contributed by atoms with Gasteiger partial charge in [-0.15, -0.1) is 0 Å². The summed E-state index contributed by atoms with van der Waals surface area (Å²) < 4.78 is 5.58. The van der Waals surface area contributed by atoms with Gasteiger partial charge in [-0.25, -0.2) is 4.98 Å². The molecule has 0 radical (unpaired) electrons. The summed E-state index contributed by atoms with van der Waals surface area (Å²) >= 11 is 0. The number of nitrogens with zero attached hydrogens (tertiary/aromatic N) is 4. The second-order valence-corrected chi connectivity index (χ2v) is 4.22.